The fourth-order valence-corrected chi connectivity index (χ4v) is 4.56. The number of hydrogen-bond acceptors (Lipinski definition) is 4. The molecule has 0 N–H and O–H groups in total. The Labute approximate surface area is 227 Å². The lowest BCUT2D eigenvalue weighted by molar-refractivity contribution is -0.133. The highest BCUT2D eigenvalue weighted by molar-refractivity contribution is 9.10. The van der Waals surface area contributed by atoms with E-state index in [4.69, 9.17) is 9.47 Å². The van der Waals surface area contributed by atoms with Crippen molar-refractivity contribution < 1.29 is 19.1 Å². The summed E-state index contributed by atoms with van der Waals surface area (Å²) in [6, 6.07) is 17.3. The molecule has 4 rings (SSSR count). The van der Waals surface area contributed by atoms with Crippen molar-refractivity contribution in [2.24, 2.45) is 0 Å². The first-order chi connectivity index (χ1) is 17.9. The van der Waals surface area contributed by atoms with Crippen LogP contribution in [0.25, 0.3) is 0 Å². The van der Waals surface area contributed by atoms with Crippen molar-refractivity contribution in [1.82, 2.24) is 14.4 Å². The van der Waals surface area contributed by atoms with Crippen LogP contribution in [0.3, 0.4) is 0 Å². The molecule has 196 valence electrons. The van der Waals surface area contributed by atoms with Crippen molar-refractivity contribution in [3.05, 3.63) is 82.1 Å². The maximum atomic E-state index is 13.6. The number of carbonyl (C=O) groups is 2. The zero-order chi connectivity index (χ0) is 26.4. The van der Waals surface area contributed by atoms with Crippen LogP contribution in [-0.2, 0) is 17.9 Å². The van der Waals surface area contributed by atoms with E-state index in [0.29, 0.717) is 30.2 Å². The number of rotatable bonds is 11. The number of hydrogen-bond donors (Lipinski definition) is 0. The van der Waals surface area contributed by atoms with Crippen LogP contribution in [-0.4, -0.2) is 52.1 Å². The van der Waals surface area contributed by atoms with Crippen molar-refractivity contribution in [3.8, 4) is 11.5 Å². The molecular weight excluding hydrogens is 534 g/mol. The van der Waals surface area contributed by atoms with Gasteiger partial charge in [-0.2, -0.15) is 0 Å². The maximum Gasteiger partial charge on any atom is 0.254 e. The molecule has 0 spiro atoms. The highest BCUT2D eigenvalue weighted by Crippen LogP contribution is 2.33. The van der Waals surface area contributed by atoms with Crippen LogP contribution in [0.15, 0.2) is 65.3 Å². The molecule has 2 aromatic carbocycles. The molecule has 37 heavy (non-hydrogen) atoms. The van der Waals surface area contributed by atoms with E-state index in [1.54, 1.807) is 23.1 Å². The zero-order valence-corrected chi connectivity index (χ0v) is 23.2. The van der Waals surface area contributed by atoms with E-state index in [-0.39, 0.29) is 31.2 Å². The molecule has 8 heteroatoms. The van der Waals surface area contributed by atoms with E-state index in [1.165, 1.54) is 5.56 Å². The number of benzene rings is 2. The average Bonchev–Trinajstić information content (AvgIpc) is 3.54. The van der Waals surface area contributed by atoms with E-state index >= 15 is 0 Å². The normalized spacial score (nSPS) is 12.1. The predicted molar refractivity (Wildman–Crippen MR) is 147 cm³/mol. The predicted octanol–water partition coefficient (Wildman–Crippen LogP) is 5.71. The molecule has 0 saturated carbocycles. The largest absolute Gasteiger partial charge is 0.454 e. The topological polar surface area (TPSA) is 64.0 Å². The first kappa shape index (κ1) is 26.8. The summed E-state index contributed by atoms with van der Waals surface area (Å²) in [4.78, 5) is 30.5. The number of fused-ring (bicyclic) bond motifs is 1. The van der Waals surface area contributed by atoms with E-state index in [0.717, 1.165) is 29.6 Å². The summed E-state index contributed by atoms with van der Waals surface area (Å²) < 4.78 is 14.0. The van der Waals surface area contributed by atoms with Crippen molar-refractivity contribution in [1.29, 1.82) is 0 Å². The van der Waals surface area contributed by atoms with Crippen molar-refractivity contribution in [2.75, 3.05) is 19.9 Å². The first-order valence-corrected chi connectivity index (χ1v) is 13.5. The number of carbonyl (C=O) groups excluding carboxylic acids is 2. The lowest BCUT2D eigenvalue weighted by atomic mass is 10.1. The monoisotopic (exact) mass is 567 g/mol. The van der Waals surface area contributed by atoms with Crippen LogP contribution >= 0.6 is 15.9 Å². The van der Waals surface area contributed by atoms with E-state index in [1.807, 2.05) is 43.1 Å². The van der Waals surface area contributed by atoms with Gasteiger partial charge >= 0.3 is 0 Å². The van der Waals surface area contributed by atoms with E-state index < -0.39 is 0 Å². The zero-order valence-electron chi connectivity index (χ0n) is 21.7. The Bertz CT molecular complexity index is 1220. The maximum absolute atomic E-state index is 13.6. The summed E-state index contributed by atoms with van der Waals surface area (Å²) in [5.41, 5.74) is 2.73. The third-order valence-corrected chi connectivity index (χ3v) is 7.01. The van der Waals surface area contributed by atoms with Gasteiger partial charge in [0.25, 0.3) is 5.91 Å². The van der Waals surface area contributed by atoms with Gasteiger partial charge in [-0.15, -0.1) is 0 Å². The van der Waals surface area contributed by atoms with Crippen LogP contribution in [0.2, 0.25) is 0 Å². The van der Waals surface area contributed by atoms with Crippen LogP contribution in [0, 0.1) is 0 Å². The van der Waals surface area contributed by atoms with Gasteiger partial charge in [-0.05, 0) is 68.3 Å². The van der Waals surface area contributed by atoms with Crippen LogP contribution < -0.4 is 9.47 Å². The number of nitrogens with zero attached hydrogens (tertiary/aromatic N) is 3. The summed E-state index contributed by atoms with van der Waals surface area (Å²) >= 11 is 3.49. The first-order valence-electron chi connectivity index (χ1n) is 12.7. The number of aromatic nitrogens is 1. The van der Waals surface area contributed by atoms with Crippen molar-refractivity contribution in [2.45, 2.75) is 52.7 Å². The minimum Gasteiger partial charge on any atom is -0.454 e. The van der Waals surface area contributed by atoms with Gasteiger partial charge in [0.15, 0.2) is 11.5 Å². The molecule has 1 aliphatic heterocycles. The Morgan fingerprint density at radius 3 is 2.54 bits per heavy atom. The number of halogens is 1. The fraction of sp³-hybridized carbons (Fsp3) is 0.379. The van der Waals surface area contributed by atoms with Crippen LogP contribution in [0.4, 0.5) is 0 Å². The Kier molecular flexibility index (Phi) is 8.92. The molecular formula is C29H34BrN3O4. The van der Waals surface area contributed by atoms with E-state index in [2.05, 4.69) is 45.6 Å². The summed E-state index contributed by atoms with van der Waals surface area (Å²) in [6.45, 7) is 8.00. The highest BCUT2D eigenvalue weighted by atomic mass is 79.9. The average molecular weight is 569 g/mol. The molecule has 0 radical (unpaired) electrons. The van der Waals surface area contributed by atoms with Gasteiger partial charge in [0, 0.05) is 41.1 Å². The van der Waals surface area contributed by atoms with Gasteiger partial charge < -0.3 is 23.8 Å². The third kappa shape index (κ3) is 6.74. The summed E-state index contributed by atoms with van der Waals surface area (Å²) in [5, 5.41) is 0. The second-order valence-electron chi connectivity index (χ2n) is 9.52. The van der Waals surface area contributed by atoms with Gasteiger partial charge in [-0.25, -0.2) is 0 Å². The standard InChI is InChI=1S/C29H34BrN3O4/c1-4-5-14-32(18-25-7-6-15-31(25)17-22-8-11-24(30)12-9-22)28(34)19-33(21(2)3)29(35)23-10-13-26-27(16-23)37-20-36-26/h6-13,15-16,21H,4-5,14,17-20H2,1-3H3. The Hall–Kier alpha value is -3.26. The second kappa shape index (κ2) is 12.3. The summed E-state index contributed by atoms with van der Waals surface area (Å²) in [6.07, 6.45) is 3.92. The molecule has 0 unspecified atom stereocenters. The highest BCUT2D eigenvalue weighted by Gasteiger charge is 2.26. The molecule has 3 aromatic rings. The number of amides is 2. The van der Waals surface area contributed by atoms with Gasteiger partial charge in [-0.3, -0.25) is 9.59 Å². The Morgan fingerprint density at radius 1 is 1.05 bits per heavy atom. The quantitative estimate of drug-likeness (QED) is 0.298. The molecule has 0 saturated heterocycles. The summed E-state index contributed by atoms with van der Waals surface area (Å²) in [5.74, 6) is 0.918. The second-order valence-corrected chi connectivity index (χ2v) is 10.4. The smallest absolute Gasteiger partial charge is 0.254 e. The molecule has 0 aliphatic carbocycles. The molecule has 1 aliphatic rings. The molecule has 2 heterocycles. The minimum atomic E-state index is -0.198. The summed E-state index contributed by atoms with van der Waals surface area (Å²) in [7, 11) is 0. The molecule has 0 fully saturated rings. The third-order valence-electron chi connectivity index (χ3n) is 6.49. The minimum absolute atomic E-state index is 0.0159. The van der Waals surface area contributed by atoms with Gasteiger partial charge in [0.05, 0.1) is 6.54 Å². The molecule has 0 atom stereocenters. The Morgan fingerprint density at radius 2 is 1.81 bits per heavy atom. The molecule has 0 bridgehead atoms. The van der Waals surface area contributed by atoms with Crippen LogP contribution in [0.1, 0.15) is 55.2 Å². The number of unbranched alkanes of at least 4 members (excludes halogenated alkanes) is 1. The van der Waals surface area contributed by atoms with Crippen LogP contribution in [0.5, 0.6) is 11.5 Å². The SMILES string of the molecule is CCCCN(Cc1cccn1Cc1ccc(Br)cc1)C(=O)CN(C(=O)c1ccc2c(c1)OCO2)C(C)C. The van der Waals surface area contributed by atoms with Gasteiger partial charge in [-0.1, -0.05) is 41.4 Å². The Balaban J connectivity index is 1.48. The lowest BCUT2D eigenvalue weighted by Gasteiger charge is -2.30. The lowest BCUT2D eigenvalue weighted by Crippen LogP contribution is -2.46. The van der Waals surface area contributed by atoms with Crippen molar-refractivity contribution >= 4 is 27.7 Å². The molecule has 7 nitrogen and oxygen atoms in total. The van der Waals surface area contributed by atoms with Gasteiger partial charge in [0.2, 0.25) is 12.7 Å². The van der Waals surface area contributed by atoms with E-state index in [9.17, 15) is 9.59 Å². The molecule has 2 amide bonds. The van der Waals surface area contributed by atoms with Crippen molar-refractivity contribution in [3.63, 3.8) is 0 Å². The fourth-order valence-electron chi connectivity index (χ4n) is 4.30. The van der Waals surface area contributed by atoms with Gasteiger partial charge in [0.1, 0.15) is 6.54 Å². The number of ether oxygens (including phenoxy) is 2. The molecule has 1 aromatic heterocycles.